The van der Waals surface area contributed by atoms with Gasteiger partial charge in [0.25, 0.3) is 0 Å². The Morgan fingerprint density at radius 3 is 2.67 bits per heavy atom. The number of hydrogen-bond donors (Lipinski definition) is 4. The van der Waals surface area contributed by atoms with Crippen LogP contribution in [-0.2, 0) is 4.79 Å². The number of carbonyl (C=O) groups is 1. The van der Waals surface area contributed by atoms with Crippen LogP contribution in [0.1, 0.15) is 20.8 Å². The van der Waals surface area contributed by atoms with Crippen LogP contribution in [0.5, 0.6) is 5.75 Å². The largest absolute Gasteiger partial charge is 0.495 e. The molecule has 0 bridgehead atoms. The first-order valence-electron chi connectivity index (χ1n) is 10.8. The van der Waals surface area contributed by atoms with Crippen molar-refractivity contribution in [2.45, 2.75) is 26.8 Å². The predicted molar refractivity (Wildman–Crippen MR) is 135 cm³/mol. The molecule has 4 rings (SSSR count). The number of benzene rings is 1. The fraction of sp³-hybridized carbons (Fsp3) is 0.409. The van der Waals surface area contributed by atoms with E-state index in [0.29, 0.717) is 59.3 Å². The van der Waals surface area contributed by atoms with E-state index in [-0.39, 0.29) is 11.9 Å². The highest BCUT2D eigenvalue weighted by atomic mass is 35.5. The molecule has 0 spiro atoms. The van der Waals surface area contributed by atoms with E-state index in [0.717, 1.165) is 10.7 Å². The van der Waals surface area contributed by atoms with E-state index in [4.69, 9.17) is 16.3 Å². The van der Waals surface area contributed by atoms with Crippen LogP contribution in [0.25, 0.3) is 11.0 Å². The molecule has 3 heterocycles. The summed E-state index contributed by atoms with van der Waals surface area (Å²) in [4.78, 5) is 37.0. The summed E-state index contributed by atoms with van der Waals surface area (Å²) in [5.41, 5.74) is 1.30. The van der Waals surface area contributed by atoms with Gasteiger partial charge in [-0.25, -0.2) is 0 Å². The smallest absolute Gasteiger partial charge is 0.231 e. The Bertz CT molecular complexity index is 1180. The molecular formula is C22H29ClN6O3P. The lowest BCUT2D eigenvalue weighted by atomic mass is 10.3. The third kappa shape index (κ3) is 4.86. The van der Waals surface area contributed by atoms with Crippen LogP contribution in [0, 0.1) is 0 Å². The quantitative estimate of drug-likeness (QED) is 0.389. The van der Waals surface area contributed by atoms with Crippen molar-refractivity contribution >= 4 is 58.8 Å². The third-order valence-corrected chi connectivity index (χ3v) is 9.16. The monoisotopic (exact) mass is 491 g/mol. The summed E-state index contributed by atoms with van der Waals surface area (Å²) in [6.07, 6.45) is 2.85. The maximum Gasteiger partial charge on any atom is 0.231 e. The minimum Gasteiger partial charge on any atom is -0.495 e. The van der Waals surface area contributed by atoms with E-state index < -0.39 is 7.49 Å². The fourth-order valence-electron chi connectivity index (χ4n) is 3.96. The number of hydrogen-bond acceptors (Lipinski definition) is 7. The van der Waals surface area contributed by atoms with Gasteiger partial charge in [0.05, 0.1) is 23.2 Å². The number of halogens is 1. The van der Waals surface area contributed by atoms with Crippen molar-refractivity contribution in [3.05, 3.63) is 29.4 Å². The molecule has 4 N–H and O–H groups in total. The van der Waals surface area contributed by atoms with Crippen LogP contribution in [0.2, 0.25) is 5.02 Å². The average Bonchev–Trinajstić information content (AvgIpc) is 3.14. The number of carbonyl (C=O) groups excluding carboxylic acids is 1. The molecule has 0 saturated carbocycles. The number of ether oxygens (including phenoxy) is 1. The first-order chi connectivity index (χ1) is 15.7. The molecule has 0 aliphatic carbocycles. The van der Waals surface area contributed by atoms with E-state index in [1.165, 1.54) is 0 Å². The van der Waals surface area contributed by atoms with Crippen LogP contribution >= 0.6 is 19.1 Å². The summed E-state index contributed by atoms with van der Waals surface area (Å²) in [5.74, 6) is 1.65. The van der Waals surface area contributed by atoms with E-state index in [1.54, 1.807) is 25.1 Å². The fourth-order valence-corrected chi connectivity index (χ4v) is 6.79. The summed E-state index contributed by atoms with van der Waals surface area (Å²) >= 11 is 6.32. The Morgan fingerprint density at radius 1 is 1.30 bits per heavy atom. The Balaban J connectivity index is 1.62. The molecule has 0 atom stereocenters. The summed E-state index contributed by atoms with van der Waals surface area (Å²) in [7, 11) is -0.762. The van der Waals surface area contributed by atoms with Gasteiger partial charge in [0.1, 0.15) is 17.2 Å². The van der Waals surface area contributed by atoms with Crippen LogP contribution in [0.3, 0.4) is 0 Å². The van der Waals surface area contributed by atoms with Crippen molar-refractivity contribution in [1.29, 1.82) is 0 Å². The van der Waals surface area contributed by atoms with E-state index in [1.807, 2.05) is 32.0 Å². The second-order valence-corrected chi connectivity index (χ2v) is 12.1. The van der Waals surface area contributed by atoms with Gasteiger partial charge in [-0.1, -0.05) is 17.7 Å². The second-order valence-electron chi connectivity index (χ2n) is 8.44. The van der Waals surface area contributed by atoms with Crippen LogP contribution in [0.15, 0.2) is 24.4 Å². The molecule has 1 saturated heterocycles. The summed E-state index contributed by atoms with van der Waals surface area (Å²) in [6.45, 7) is 6.76. The van der Waals surface area contributed by atoms with Gasteiger partial charge < -0.3 is 30.1 Å². The Kier molecular flexibility index (Phi) is 6.66. The standard InChI is InChI=1S/C22H29ClN6O3P/c1-13(2)25-21-19-16(23)12-24-20(19)27-22(28-21)26-17-6-5-15(11-18(17)32-4)33(31)9-7-29(8-10-33)14(3)30/h5-6,11-13,31H,7-10H2,1-4H3,(H3,24,25,26,27,28). The first-order valence-corrected chi connectivity index (χ1v) is 13.3. The molecule has 1 aromatic carbocycles. The summed E-state index contributed by atoms with van der Waals surface area (Å²) in [5, 5.41) is 8.70. The number of aromatic nitrogens is 3. The molecule has 0 unspecified atom stereocenters. The third-order valence-electron chi connectivity index (χ3n) is 5.75. The lowest BCUT2D eigenvalue weighted by Crippen LogP contribution is -2.41. The second kappa shape index (κ2) is 9.33. The van der Waals surface area contributed by atoms with E-state index in [9.17, 15) is 9.69 Å². The molecule has 33 heavy (non-hydrogen) atoms. The molecule has 2 aromatic heterocycles. The van der Waals surface area contributed by atoms with Crippen molar-refractivity contribution in [3.8, 4) is 5.75 Å². The number of nitrogens with zero attached hydrogens (tertiary/aromatic N) is 3. The molecule has 9 nitrogen and oxygen atoms in total. The maximum atomic E-state index is 11.6. The molecule has 11 heteroatoms. The Morgan fingerprint density at radius 2 is 2.03 bits per heavy atom. The zero-order chi connectivity index (χ0) is 23.8. The SMILES string of the molecule is COc1cc([P]2(O)CCN(C(C)=O)CC2)ccc1Nc1nc(NC(C)C)c2c(Cl)c[nH]c2n1. The molecule has 1 fully saturated rings. The number of aromatic amines is 1. The van der Waals surface area contributed by atoms with Gasteiger partial charge in [0.2, 0.25) is 11.9 Å². The van der Waals surface area contributed by atoms with E-state index in [2.05, 4.69) is 25.6 Å². The lowest BCUT2D eigenvalue weighted by Gasteiger charge is -2.39. The van der Waals surface area contributed by atoms with Crippen molar-refractivity contribution in [1.82, 2.24) is 19.9 Å². The number of anilines is 3. The summed E-state index contributed by atoms with van der Waals surface area (Å²) in [6, 6.07) is 5.82. The zero-order valence-electron chi connectivity index (χ0n) is 19.1. The maximum absolute atomic E-state index is 11.6. The van der Waals surface area contributed by atoms with Crippen LogP contribution in [-0.4, -0.2) is 69.2 Å². The van der Waals surface area contributed by atoms with Gasteiger partial charge >= 0.3 is 0 Å². The highest BCUT2D eigenvalue weighted by Gasteiger charge is 2.33. The van der Waals surface area contributed by atoms with Gasteiger partial charge in [-0.15, -0.1) is 0 Å². The average molecular weight is 492 g/mol. The normalized spacial score (nSPS) is 15.7. The molecule has 1 aliphatic heterocycles. The van der Waals surface area contributed by atoms with Gasteiger partial charge in [-0.05, 0) is 26.0 Å². The minimum absolute atomic E-state index is 0.0463. The number of methoxy groups -OCH3 is 1. The van der Waals surface area contributed by atoms with Crippen molar-refractivity contribution < 1.29 is 14.4 Å². The zero-order valence-corrected chi connectivity index (χ0v) is 20.8. The number of rotatable bonds is 6. The highest BCUT2D eigenvalue weighted by molar-refractivity contribution is 7.77. The Hall–Kier alpha value is -2.61. The predicted octanol–water partition coefficient (Wildman–Crippen LogP) is 3.60. The van der Waals surface area contributed by atoms with Gasteiger partial charge in [-0.3, -0.25) is 4.79 Å². The van der Waals surface area contributed by atoms with Crippen LogP contribution < -0.4 is 20.7 Å². The molecule has 3 aromatic rings. The van der Waals surface area contributed by atoms with Gasteiger partial charge in [0, 0.05) is 57.4 Å². The Labute approximate surface area is 198 Å². The number of fused-ring (bicyclic) bond motifs is 1. The van der Waals surface area contributed by atoms with Gasteiger partial charge in [-0.2, -0.15) is 9.97 Å². The van der Waals surface area contributed by atoms with Crippen molar-refractivity contribution in [2.24, 2.45) is 0 Å². The number of nitrogens with one attached hydrogen (secondary N) is 3. The highest BCUT2D eigenvalue weighted by Crippen LogP contribution is 2.55. The number of H-pyrrole nitrogens is 1. The summed E-state index contributed by atoms with van der Waals surface area (Å²) < 4.78 is 5.62. The topological polar surface area (TPSA) is 115 Å². The lowest BCUT2D eigenvalue weighted by molar-refractivity contribution is -0.128. The van der Waals surface area contributed by atoms with Crippen molar-refractivity contribution in [3.63, 3.8) is 0 Å². The number of amides is 1. The minimum atomic E-state index is -2.35. The van der Waals surface area contributed by atoms with E-state index >= 15 is 0 Å². The molecule has 1 amide bonds. The molecule has 177 valence electrons. The molecular weight excluding hydrogens is 463 g/mol. The van der Waals surface area contributed by atoms with Crippen molar-refractivity contribution in [2.75, 3.05) is 43.2 Å². The van der Waals surface area contributed by atoms with Crippen LogP contribution in [0.4, 0.5) is 17.5 Å². The first kappa shape index (κ1) is 23.5. The molecule has 1 aliphatic rings. The molecule has 1 radical (unpaired) electrons. The van der Waals surface area contributed by atoms with Gasteiger partial charge in [0.15, 0.2) is 0 Å².